The van der Waals surface area contributed by atoms with Gasteiger partial charge in [0.25, 0.3) is 0 Å². The normalized spacial score (nSPS) is 19.2. The molecule has 1 aromatic carbocycles. The van der Waals surface area contributed by atoms with E-state index in [2.05, 4.69) is 16.0 Å². The molecule has 1 heterocycles. The van der Waals surface area contributed by atoms with Crippen molar-refractivity contribution in [3.8, 4) is 0 Å². The third kappa shape index (κ3) is 11.7. The van der Waals surface area contributed by atoms with Crippen molar-refractivity contribution in [1.82, 2.24) is 25.8 Å². The average molecular weight is 732 g/mol. The highest BCUT2D eigenvalue weighted by molar-refractivity contribution is 5.90. The van der Waals surface area contributed by atoms with Gasteiger partial charge in [-0.3, -0.25) is 19.2 Å². The molecule has 1 fully saturated rings. The fourth-order valence-corrected chi connectivity index (χ4v) is 7.40. The van der Waals surface area contributed by atoms with Crippen LogP contribution in [0, 0.1) is 23.7 Å². The van der Waals surface area contributed by atoms with Gasteiger partial charge in [0, 0.05) is 34.2 Å². The van der Waals surface area contributed by atoms with E-state index in [0.29, 0.717) is 19.4 Å². The van der Waals surface area contributed by atoms with E-state index in [9.17, 15) is 29.1 Å². The minimum absolute atomic E-state index is 0.0112. The highest BCUT2D eigenvalue weighted by atomic mass is 16.5. The second kappa shape index (κ2) is 21.2. The van der Waals surface area contributed by atoms with Crippen LogP contribution in [0.5, 0.6) is 0 Å². The van der Waals surface area contributed by atoms with Crippen LogP contribution in [-0.2, 0) is 39.9 Å². The molecule has 0 radical (unpaired) electrons. The number of carboxylic acid groups (broad SMARTS) is 1. The van der Waals surface area contributed by atoms with Gasteiger partial charge in [-0.2, -0.15) is 0 Å². The molecule has 1 aliphatic heterocycles. The zero-order valence-corrected chi connectivity index (χ0v) is 33.2. The van der Waals surface area contributed by atoms with Gasteiger partial charge in [-0.25, -0.2) is 4.79 Å². The molecule has 2 unspecified atom stereocenters. The number of carboxylic acids is 1. The van der Waals surface area contributed by atoms with Gasteiger partial charge in [-0.05, 0) is 43.2 Å². The Kier molecular flexibility index (Phi) is 18.2. The number of benzene rings is 1. The van der Waals surface area contributed by atoms with Gasteiger partial charge in [-0.1, -0.05) is 85.2 Å². The summed E-state index contributed by atoms with van der Waals surface area (Å²) in [6.45, 7) is 13.9. The predicted octanol–water partition coefficient (Wildman–Crippen LogP) is 3.10. The van der Waals surface area contributed by atoms with Crippen LogP contribution in [0.15, 0.2) is 30.3 Å². The number of nitrogens with one attached hydrogen (secondary N) is 3. The van der Waals surface area contributed by atoms with Crippen molar-refractivity contribution in [3.63, 3.8) is 0 Å². The van der Waals surface area contributed by atoms with Crippen LogP contribution >= 0.6 is 0 Å². The first-order valence-corrected chi connectivity index (χ1v) is 18.7. The molecule has 1 saturated heterocycles. The molecule has 1 aliphatic rings. The molecule has 13 nitrogen and oxygen atoms in total. The fourth-order valence-electron chi connectivity index (χ4n) is 7.40. The van der Waals surface area contributed by atoms with Crippen molar-refractivity contribution < 1.29 is 38.6 Å². The van der Waals surface area contributed by atoms with Crippen molar-refractivity contribution in [2.24, 2.45) is 23.7 Å². The van der Waals surface area contributed by atoms with Gasteiger partial charge in [0.2, 0.25) is 23.6 Å². The molecular weight excluding hydrogens is 666 g/mol. The second-order valence-corrected chi connectivity index (χ2v) is 14.9. The average Bonchev–Trinajstić information content (AvgIpc) is 3.59. The summed E-state index contributed by atoms with van der Waals surface area (Å²) in [6, 6.07) is 5.84. The summed E-state index contributed by atoms with van der Waals surface area (Å²) in [5.74, 6) is -3.27. The van der Waals surface area contributed by atoms with Gasteiger partial charge >= 0.3 is 5.97 Å². The molecule has 0 bridgehead atoms. The zero-order chi connectivity index (χ0) is 39.3. The van der Waals surface area contributed by atoms with Crippen molar-refractivity contribution >= 4 is 29.6 Å². The quantitative estimate of drug-likeness (QED) is 0.149. The number of rotatable bonds is 21. The van der Waals surface area contributed by atoms with E-state index >= 15 is 0 Å². The molecule has 13 heteroatoms. The molecule has 52 heavy (non-hydrogen) atoms. The third-order valence-corrected chi connectivity index (χ3v) is 10.6. The highest BCUT2D eigenvalue weighted by Crippen LogP contribution is 2.29. The first-order valence-electron chi connectivity index (χ1n) is 18.7. The standard InChI is InChI=1S/C39H65N5O8/c1-12-25(6)34(43(9)38(48)33(24(4)5)42-37(47)32(40-8)23(2)3)30(51-10)22-31(45)44-20-16-19-29(44)35(52-11)26(7)36(46)41-28(39(49)50)21-27-17-14-13-15-18-27/h13-15,17-18,23-26,28-30,32-35,40H,12,16,19-22H2,1-11H3,(H,41,46)(H,42,47)(H,49,50)/t25-,26+,28?,29?,30-,32-,33-,34-,35+/m0/s1. The minimum Gasteiger partial charge on any atom is -0.480 e. The number of carbonyl (C=O) groups is 5. The number of hydrogen-bond donors (Lipinski definition) is 4. The van der Waals surface area contributed by atoms with Crippen molar-refractivity contribution in [3.05, 3.63) is 35.9 Å². The zero-order valence-electron chi connectivity index (χ0n) is 33.2. The predicted molar refractivity (Wildman–Crippen MR) is 200 cm³/mol. The lowest BCUT2D eigenvalue weighted by Gasteiger charge is -2.41. The number of nitrogens with zero attached hydrogens (tertiary/aromatic N) is 2. The first-order chi connectivity index (χ1) is 24.5. The molecule has 2 rings (SSSR count). The third-order valence-electron chi connectivity index (χ3n) is 10.6. The Morgan fingerprint density at radius 3 is 2.04 bits per heavy atom. The van der Waals surface area contributed by atoms with Gasteiger partial charge in [0.1, 0.15) is 12.1 Å². The summed E-state index contributed by atoms with van der Waals surface area (Å²) in [4.78, 5) is 70.3. The molecule has 1 aromatic rings. The van der Waals surface area contributed by atoms with Crippen LogP contribution in [0.2, 0.25) is 0 Å². The Hall–Kier alpha value is -3.55. The van der Waals surface area contributed by atoms with E-state index in [0.717, 1.165) is 12.0 Å². The Bertz CT molecular complexity index is 1310. The van der Waals surface area contributed by atoms with Gasteiger partial charge in [0.15, 0.2) is 0 Å². The van der Waals surface area contributed by atoms with Crippen LogP contribution in [0.25, 0.3) is 0 Å². The van der Waals surface area contributed by atoms with E-state index in [1.54, 1.807) is 30.8 Å². The Balaban J connectivity index is 2.26. The molecular formula is C39H65N5O8. The summed E-state index contributed by atoms with van der Waals surface area (Å²) < 4.78 is 11.8. The van der Waals surface area contributed by atoms with Crippen molar-refractivity contribution in [2.45, 2.75) is 123 Å². The fraction of sp³-hybridized carbons (Fsp3) is 0.718. The molecule has 0 spiro atoms. The van der Waals surface area contributed by atoms with Crippen LogP contribution in [0.4, 0.5) is 0 Å². The number of aliphatic carboxylic acids is 1. The number of hydrogen-bond acceptors (Lipinski definition) is 8. The minimum atomic E-state index is -1.14. The number of amides is 4. The van der Waals surface area contributed by atoms with E-state index in [4.69, 9.17) is 9.47 Å². The Morgan fingerprint density at radius 1 is 0.923 bits per heavy atom. The summed E-state index contributed by atoms with van der Waals surface area (Å²) >= 11 is 0. The van der Waals surface area contributed by atoms with Crippen LogP contribution in [0.1, 0.15) is 79.7 Å². The van der Waals surface area contributed by atoms with E-state index in [1.807, 2.05) is 71.9 Å². The maximum absolute atomic E-state index is 14.1. The van der Waals surface area contributed by atoms with E-state index < -0.39 is 60.2 Å². The first kappa shape index (κ1) is 44.6. The summed E-state index contributed by atoms with van der Waals surface area (Å²) in [5.41, 5.74) is 0.785. The topological polar surface area (TPSA) is 167 Å². The maximum Gasteiger partial charge on any atom is 0.326 e. The van der Waals surface area contributed by atoms with E-state index in [-0.39, 0.29) is 48.3 Å². The summed E-state index contributed by atoms with van der Waals surface area (Å²) in [5, 5.41) is 18.5. The molecule has 0 aromatic heterocycles. The summed E-state index contributed by atoms with van der Waals surface area (Å²) in [7, 11) is 6.46. The van der Waals surface area contributed by atoms with Crippen LogP contribution in [0.3, 0.4) is 0 Å². The molecule has 4 amide bonds. The lowest BCUT2D eigenvalue weighted by Crippen LogP contribution is -2.59. The van der Waals surface area contributed by atoms with E-state index in [1.165, 1.54) is 14.2 Å². The maximum atomic E-state index is 14.1. The highest BCUT2D eigenvalue weighted by Gasteiger charge is 2.43. The van der Waals surface area contributed by atoms with Gasteiger partial charge < -0.3 is 40.3 Å². The number of likely N-dealkylation sites (tertiary alicyclic amines) is 1. The van der Waals surface area contributed by atoms with Crippen molar-refractivity contribution in [2.75, 3.05) is 34.9 Å². The number of carbonyl (C=O) groups excluding carboxylic acids is 4. The van der Waals surface area contributed by atoms with Gasteiger partial charge in [0.05, 0.1) is 42.7 Å². The summed E-state index contributed by atoms with van der Waals surface area (Å²) in [6.07, 6.45) is 0.818. The Labute approximate surface area is 310 Å². The lowest BCUT2D eigenvalue weighted by molar-refractivity contribution is -0.148. The van der Waals surface area contributed by atoms with Crippen molar-refractivity contribution in [1.29, 1.82) is 0 Å². The number of ether oxygens (including phenoxy) is 2. The number of likely N-dealkylation sites (N-methyl/N-ethyl adjacent to an activating group) is 2. The van der Waals surface area contributed by atoms with Crippen LogP contribution in [-0.4, -0.2) is 122 Å². The molecule has 4 N–H and O–H groups in total. The second-order valence-electron chi connectivity index (χ2n) is 14.9. The monoisotopic (exact) mass is 731 g/mol. The lowest BCUT2D eigenvalue weighted by atomic mass is 9.89. The molecule has 9 atom stereocenters. The largest absolute Gasteiger partial charge is 0.480 e. The molecule has 294 valence electrons. The molecule has 0 aliphatic carbocycles. The SMILES string of the molecule is CC[C@H](C)[C@@H]([C@H](CC(=O)N1CCCC1[C@H](OC)[C@@H](C)C(=O)NC(Cc1ccccc1)C(=O)O)OC)N(C)C(=O)[C@@H](NC(=O)[C@@H](NC)C(C)C)C(C)C. The Morgan fingerprint density at radius 2 is 1.54 bits per heavy atom. The van der Waals surface area contributed by atoms with Gasteiger partial charge in [-0.15, -0.1) is 0 Å². The smallest absolute Gasteiger partial charge is 0.326 e. The van der Waals surface area contributed by atoms with Crippen LogP contribution < -0.4 is 16.0 Å². The number of methoxy groups -OCH3 is 2. The molecule has 0 saturated carbocycles.